The molecule has 0 spiro atoms. The van der Waals surface area contributed by atoms with Crippen LogP contribution in [0, 0.1) is 0 Å². The van der Waals surface area contributed by atoms with E-state index in [1.54, 1.807) is 12.7 Å². The highest BCUT2D eigenvalue weighted by atomic mass is 16.5. The molecule has 0 saturated carbocycles. The Hall–Kier alpha value is -2.51. The summed E-state index contributed by atoms with van der Waals surface area (Å²) in [5, 5.41) is 7.35. The van der Waals surface area contributed by atoms with Crippen LogP contribution >= 0.6 is 0 Å². The van der Waals surface area contributed by atoms with Crippen molar-refractivity contribution in [2.24, 2.45) is 0 Å². The maximum Gasteiger partial charge on any atom is 0.182 e. The maximum absolute atomic E-state index is 5.61. The number of rotatable bonds is 6. The van der Waals surface area contributed by atoms with E-state index in [1.807, 2.05) is 6.07 Å². The van der Waals surface area contributed by atoms with E-state index < -0.39 is 0 Å². The second-order valence-corrected chi connectivity index (χ2v) is 6.85. The van der Waals surface area contributed by atoms with Crippen LogP contribution in [0.3, 0.4) is 0 Å². The molecule has 1 unspecified atom stereocenters. The van der Waals surface area contributed by atoms with E-state index >= 15 is 0 Å². The van der Waals surface area contributed by atoms with Crippen LogP contribution in [-0.2, 0) is 4.74 Å². The van der Waals surface area contributed by atoms with Crippen molar-refractivity contribution in [2.45, 2.75) is 31.3 Å². The number of aromatic amines is 1. The lowest BCUT2D eigenvalue weighted by atomic mass is 9.88. The average molecular weight is 352 g/mol. The summed E-state index contributed by atoms with van der Waals surface area (Å²) in [4.78, 5) is 15.9. The Kier molecular flexibility index (Phi) is 4.81. The van der Waals surface area contributed by atoms with E-state index in [-0.39, 0.29) is 11.6 Å². The van der Waals surface area contributed by atoms with Gasteiger partial charge in [-0.05, 0) is 25.3 Å². The number of benzene rings is 1. The lowest BCUT2D eigenvalue weighted by Gasteiger charge is -2.40. The van der Waals surface area contributed by atoms with E-state index in [1.165, 1.54) is 5.56 Å². The number of anilines is 1. The molecule has 3 aromatic rings. The fraction of sp³-hybridized carbons (Fsp3) is 0.421. The Bertz CT molecular complexity index is 843. The summed E-state index contributed by atoms with van der Waals surface area (Å²) < 4.78 is 5.61. The van der Waals surface area contributed by atoms with Crippen LogP contribution in [0.15, 0.2) is 43.0 Å². The molecule has 1 aliphatic rings. The van der Waals surface area contributed by atoms with E-state index in [4.69, 9.17) is 4.74 Å². The van der Waals surface area contributed by atoms with Crippen LogP contribution in [0.4, 0.5) is 5.82 Å². The number of hydrogen-bond acceptors (Lipinski definition) is 6. The van der Waals surface area contributed by atoms with Crippen molar-refractivity contribution in [2.75, 3.05) is 25.1 Å². The standard InChI is InChI=1S/C19H24N6O/c1-14(15-5-3-2-4-6-15)25-19(7-9-26-10-8-19)11-20-17-16-18(22-12-21-16)24-13-23-17/h2-6,12-14,25H,7-11H2,1H3,(H2,20,21,22,23,24). The van der Waals surface area contributed by atoms with E-state index in [0.717, 1.165) is 43.9 Å². The molecule has 0 radical (unpaired) electrons. The van der Waals surface area contributed by atoms with Crippen LogP contribution in [0.25, 0.3) is 11.2 Å². The topological polar surface area (TPSA) is 87.8 Å². The van der Waals surface area contributed by atoms with Gasteiger partial charge in [0.25, 0.3) is 0 Å². The summed E-state index contributed by atoms with van der Waals surface area (Å²) in [6, 6.07) is 10.8. The second kappa shape index (κ2) is 7.39. The molecule has 7 nitrogen and oxygen atoms in total. The fourth-order valence-electron chi connectivity index (χ4n) is 3.57. The minimum absolute atomic E-state index is 0.0508. The van der Waals surface area contributed by atoms with E-state index in [9.17, 15) is 0 Å². The van der Waals surface area contributed by atoms with Gasteiger partial charge in [-0.25, -0.2) is 15.0 Å². The molecular formula is C19H24N6O. The number of fused-ring (bicyclic) bond motifs is 1. The molecule has 1 fully saturated rings. The van der Waals surface area contributed by atoms with Crippen molar-refractivity contribution in [3.63, 3.8) is 0 Å². The Morgan fingerprint density at radius 2 is 1.96 bits per heavy atom. The van der Waals surface area contributed by atoms with Crippen LogP contribution < -0.4 is 10.6 Å². The molecule has 0 amide bonds. The number of imidazole rings is 1. The van der Waals surface area contributed by atoms with Gasteiger partial charge in [0.15, 0.2) is 11.5 Å². The smallest absolute Gasteiger partial charge is 0.182 e. The maximum atomic E-state index is 5.61. The van der Waals surface area contributed by atoms with Crippen molar-refractivity contribution in [1.29, 1.82) is 0 Å². The predicted octanol–water partition coefficient (Wildman–Crippen LogP) is 2.66. The molecule has 2 aromatic heterocycles. The highest BCUT2D eigenvalue weighted by Crippen LogP contribution is 2.26. The third-order valence-electron chi connectivity index (χ3n) is 5.09. The first-order valence-corrected chi connectivity index (χ1v) is 9.04. The largest absolute Gasteiger partial charge is 0.381 e. The minimum atomic E-state index is -0.0508. The molecule has 1 atom stereocenters. The lowest BCUT2D eigenvalue weighted by molar-refractivity contribution is 0.0389. The van der Waals surface area contributed by atoms with Gasteiger partial charge >= 0.3 is 0 Å². The van der Waals surface area contributed by atoms with Crippen molar-refractivity contribution >= 4 is 17.0 Å². The molecule has 136 valence electrons. The van der Waals surface area contributed by atoms with E-state index in [0.29, 0.717) is 5.65 Å². The first-order valence-electron chi connectivity index (χ1n) is 9.04. The van der Waals surface area contributed by atoms with Crippen molar-refractivity contribution < 1.29 is 4.74 Å². The molecule has 7 heteroatoms. The third kappa shape index (κ3) is 3.54. The molecule has 0 bridgehead atoms. The summed E-state index contributed by atoms with van der Waals surface area (Å²) in [6.45, 7) is 4.50. The fourth-order valence-corrected chi connectivity index (χ4v) is 3.57. The van der Waals surface area contributed by atoms with Crippen LogP contribution in [0.5, 0.6) is 0 Å². The van der Waals surface area contributed by atoms with E-state index in [2.05, 4.69) is 61.8 Å². The van der Waals surface area contributed by atoms with Crippen molar-refractivity contribution in [3.05, 3.63) is 48.5 Å². The highest BCUT2D eigenvalue weighted by molar-refractivity contribution is 5.81. The van der Waals surface area contributed by atoms with Crippen molar-refractivity contribution in [1.82, 2.24) is 25.3 Å². The molecule has 1 aliphatic heterocycles. The number of aromatic nitrogens is 4. The van der Waals surface area contributed by atoms with Gasteiger partial charge in [0.05, 0.1) is 6.33 Å². The number of nitrogens with zero attached hydrogens (tertiary/aromatic N) is 3. The molecule has 3 N–H and O–H groups in total. The monoisotopic (exact) mass is 352 g/mol. The zero-order valence-corrected chi connectivity index (χ0v) is 14.9. The third-order valence-corrected chi connectivity index (χ3v) is 5.09. The van der Waals surface area contributed by atoms with Gasteiger partial charge < -0.3 is 20.4 Å². The number of ether oxygens (including phenoxy) is 1. The zero-order chi connectivity index (χ0) is 17.8. The van der Waals surface area contributed by atoms with Crippen LogP contribution in [0.1, 0.15) is 31.4 Å². The molecule has 4 rings (SSSR count). The number of nitrogens with one attached hydrogen (secondary N) is 3. The molecule has 1 aromatic carbocycles. The summed E-state index contributed by atoms with van der Waals surface area (Å²) in [5.41, 5.74) is 2.75. The summed E-state index contributed by atoms with van der Waals surface area (Å²) >= 11 is 0. The quantitative estimate of drug-likeness (QED) is 0.632. The van der Waals surface area contributed by atoms with Crippen LogP contribution in [-0.4, -0.2) is 45.2 Å². The molecule has 26 heavy (non-hydrogen) atoms. The SMILES string of the molecule is CC(NC1(CNc2ncnc3nc[nH]c23)CCOCC1)c1ccccc1. The zero-order valence-electron chi connectivity index (χ0n) is 14.9. The Labute approximate surface area is 152 Å². The number of hydrogen-bond donors (Lipinski definition) is 3. The first kappa shape index (κ1) is 16.9. The van der Waals surface area contributed by atoms with Crippen LogP contribution in [0.2, 0.25) is 0 Å². The molecular weight excluding hydrogens is 328 g/mol. The Morgan fingerprint density at radius 1 is 1.15 bits per heavy atom. The van der Waals surface area contributed by atoms with Gasteiger partial charge in [-0.3, -0.25) is 0 Å². The summed E-state index contributed by atoms with van der Waals surface area (Å²) in [5.74, 6) is 0.785. The second-order valence-electron chi connectivity index (χ2n) is 6.85. The minimum Gasteiger partial charge on any atom is -0.381 e. The van der Waals surface area contributed by atoms with Gasteiger partial charge in [0.1, 0.15) is 11.8 Å². The lowest BCUT2D eigenvalue weighted by Crippen LogP contribution is -2.54. The Balaban J connectivity index is 1.52. The molecule has 1 saturated heterocycles. The highest BCUT2D eigenvalue weighted by Gasteiger charge is 2.34. The Morgan fingerprint density at radius 3 is 2.77 bits per heavy atom. The van der Waals surface area contributed by atoms with Gasteiger partial charge in [-0.15, -0.1) is 0 Å². The van der Waals surface area contributed by atoms with Crippen molar-refractivity contribution in [3.8, 4) is 0 Å². The van der Waals surface area contributed by atoms with Gasteiger partial charge in [0, 0.05) is 31.3 Å². The summed E-state index contributed by atoms with van der Waals surface area (Å²) in [7, 11) is 0. The molecule has 0 aliphatic carbocycles. The normalized spacial score (nSPS) is 17.9. The summed E-state index contributed by atoms with van der Waals surface area (Å²) in [6.07, 6.45) is 5.09. The number of H-pyrrole nitrogens is 1. The van der Waals surface area contributed by atoms with Gasteiger partial charge in [0.2, 0.25) is 0 Å². The first-order chi connectivity index (χ1) is 12.8. The van der Waals surface area contributed by atoms with Gasteiger partial charge in [-0.2, -0.15) is 0 Å². The molecule has 3 heterocycles. The van der Waals surface area contributed by atoms with Gasteiger partial charge in [-0.1, -0.05) is 30.3 Å². The average Bonchev–Trinajstić information content (AvgIpc) is 3.17. The predicted molar refractivity (Wildman–Crippen MR) is 101 cm³/mol.